The number of aliphatic hydroxyl groups is 1. The van der Waals surface area contributed by atoms with Crippen LogP contribution in [0.3, 0.4) is 0 Å². The molecule has 5 heteroatoms. The first kappa shape index (κ1) is 14.1. The van der Waals surface area contributed by atoms with Crippen LogP contribution in [0.2, 0.25) is 0 Å². The van der Waals surface area contributed by atoms with Gasteiger partial charge in [0.2, 0.25) is 0 Å². The molecule has 1 aromatic heterocycles. The van der Waals surface area contributed by atoms with Crippen molar-refractivity contribution in [1.29, 1.82) is 0 Å². The molecule has 4 rings (SSSR count). The zero-order valence-corrected chi connectivity index (χ0v) is 12.7. The van der Waals surface area contributed by atoms with E-state index < -0.39 is 0 Å². The van der Waals surface area contributed by atoms with Crippen LogP contribution >= 0.6 is 0 Å². The molecule has 0 unspecified atom stereocenters. The highest BCUT2D eigenvalue weighted by Gasteiger charge is 2.24. The summed E-state index contributed by atoms with van der Waals surface area (Å²) in [6.07, 6.45) is 2.19. The average Bonchev–Trinajstić information content (AvgIpc) is 3.15. The fraction of sp³-hybridized carbons (Fsp3) is 0.278. The number of nitrogens with two attached hydrogens (primary N) is 1. The van der Waals surface area contributed by atoms with Crippen LogP contribution in [0, 0.1) is 0 Å². The van der Waals surface area contributed by atoms with Gasteiger partial charge in [0.1, 0.15) is 17.7 Å². The van der Waals surface area contributed by atoms with Gasteiger partial charge in [-0.25, -0.2) is 4.98 Å². The van der Waals surface area contributed by atoms with Gasteiger partial charge in [0.15, 0.2) is 0 Å². The second kappa shape index (κ2) is 5.59. The third kappa shape index (κ3) is 2.75. The van der Waals surface area contributed by atoms with Crippen LogP contribution in [-0.2, 0) is 0 Å². The summed E-state index contributed by atoms with van der Waals surface area (Å²) in [5, 5.41) is 9.62. The van der Waals surface area contributed by atoms with Crippen LogP contribution in [0.15, 0.2) is 42.5 Å². The summed E-state index contributed by atoms with van der Waals surface area (Å²) < 4.78 is 5.98. The van der Waals surface area contributed by atoms with Gasteiger partial charge in [-0.1, -0.05) is 12.1 Å². The largest absolute Gasteiger partial charge is 0.490 e. The molecule has 1 saturated carbocycles. The molecule has 118 valence electrons. The molecule has 1 fully saturated rings. The molecule has 1 aliphatic rings. The lowest BCUT2D eigenvalue weighted by Gasteiger charge is -2.14. The third-order valence-electron chi connectivity index (χ3n) is 4.33. The maximum Gasteiger partial charge on any atom is 0.140 e. The number of H-pyrrole nitrogens is 1. The van der Waals surface area contributed by atoms with Crippen molar-refractivity contribution in [2.75, 3.05) is 5.73 Å². The zero-order chi connectivity index (χ0) is 15.8. The first-order chi connectivity index (χ1) is 11.2. The van der Waals surface area contributed by atoms with Gasteiger partial charge < -0.3 is 20.6 Å². The molecule has 0 amide bonds. The highest BCUT2D eigenvalue weighted by molar-refractivity contribution is 5.82. The van der Waals surface area contributed by atoms with Gasteiger partial charge in [0, 0.05) is 17.7 Å². The number of benzene rings is 2. The molecule has 0 spiro atoms. The van der Waals surface area contributed by atoms with Crippen molar-refractivity contribution in [3.05, 3.63) is 42.5 Å². The van der Waals surface area contributed by atoms with Crippen molar-refractivity contribution in [3.63, 3.8) is 0 Å². The van der Waals surface area contributed by atoms with E-state index in [1.165, 1.54) is 0 Å². The monoisotopic (exact) mass is 309 g/mol. The predicted molar refractivity (Wildman–Crippen MR) is 90.2 cm³/mol. The van der Waals surface area contributed by atoms with Crippen molar-refractivity contribution in [2.45, 2.75) is 31.5 Å². The fourth-order valence-corrected chi connectivity index (χ4v) is 3.11. The summed E-state index contributed by atoms with van der Waals surface area (Å²) in [6.45, 7) is 0. The number of nitrogen functional groups attached to an aromatic ring is 1. The lowest BCUT2D eigenvalue weighted by molar-refractivity contribution is 0.150. The summed E-state index contributed by atoms with van der Waals surface area (Å²) in [4.78, 5) is 7.89. The van der Waals surface area contributed by atoms with Crippen molar-refractivity contribution in [2.24, 2.45) is 0 Å². The number of hydrogen-bond donors (Lipinski definition) is 3. The topological polar surface area (TPSA) is 84.2 Å². The Balaban J connectivity index is 1.66. The van der Waals surface area contributed by atoms with Crippen LogP contribution in [0.5, 0.6) is 5.75 Å². The molecule has 2 aromatic carbocycles. The lowest BCUT2D eigenvalue weighted by Crippen LogP contribution is -2.13. The Bertz CT molecular complexity index is 810. The molecule has 1 aliphatic carbocycles. The number of ether oxygens (including phenoxy) is 1. The lowest BCUT2D eigenvalue weighted by atomic mass is 10.1. The molecular formula is C18H19N3O2. The van der Waals surface area contributed by atoms with E-state index in [1.807, 2.05) is 42.5 Å². The van der Waals surface area contributed by atoms with Gasteiger partial charge in [0.05, 0.1) is 17.1 Å². The standard InChI is InChI=1S/C18H19N3O2/c19-15-8-7-13(23-12-6-5-11(22)9-12)10-14(15)18-20-16-3-1-2-4-17(16)21-18/h1-4,7-8,10-12,22H,5-6,9,19H2,(H,20,21)/t11-,12+/m0/s1. The average molecular weight is 309 g/mol. The number of fused-ring (bicyclic) bond motifs is 1. The van der Waals surface area contributed by atoms with E-state index in [4.69, 9.17) is 10.5 Å². The first-order valence-electron chi connectivity index (χ1n) is 7.88. The number of nitrogens with one attached hydrogen (secondary N) is 1. The summed E-state index contributed by atoms with van der Waals surface area (Å²) in [5.74, 6) is 1.49. The number of aromatic nitrogens is 2. The molecule has 23 heavy (non-hydrogen) atoms. The van der Waals surface area contributed by atoms with Crippen molar-refractivity contribution in [1.82, 2.24) is 9.97 Å². The molecule has 0 saturated heterocycles. The summed E-state index contributed by atoms with van der Waals surface area (Å²) in [7, 11) is 0. The zero-order valence-electron chi connectivity index (χ0n) is 12.7. The predicted octanol–water partition coefficient (Wildman–Crippen LogP) is 3.10. The Morgan fingerprint density at radius 2 is 2.04 bits per heavy atom. The highest BCUT2D eigenvalue weighted by atomic mass is 16.5. The summed E-state index contributed by atoms with van der Waals surface area (Å²) in [6, 6.07) is 13.5. The minimum absolute atomic E-state index is 0.0668. The van der Waals surface area contributed by atoms with Gasteiger partial charge in [-0.05, 0) is 43.2 Å². The van der Waals surface area contributed by atoms with E-state index in [9.17, 15) is 5.11 Å². The van der Waals surface area contributed by atoms with Crippen LogP contribution in [-0.4, -0.2) is 27.3 Å². The van der Waals surface area contributed by atoms with E-state index in [1.54, 1.807) is 0 Å². The summed E-state index contributed by atoms with van der Waals surface area (Å²) >= 11 is 0. The Morgan fingerprint density at radius 1 is 1.17 bits per heavy atom. The number of anilines is 1. The smallest absolute Gasteiger partial charge is 0.140 e. The van der Waals surface area contributed by atoms with Gasteiger partial charge in [-0.15, -0.1) is 0 Å². The molecule has 0 radical (unpaired) electrons. The quantitative estimate of drug-likeness (QED) is 0.649. The molecule has 3 aromatic rings. The first-order valence-corrected chi connectivity index (χ1v) is 7.88. The Hall–Kier alpha value is -2.53. The van der Waals surface area contributed by atoms with E-state index in [0.29, 0.717) is 12.1 Å². The number of para-hydroxylation sites is 2. The molecule has 1 heterocycles. The van der Waals surface area contributed by atoms with E-state index in [2.05, 4.69) is 9.97 Å². The van der Waals surface area contributed by atoms with Crippen molar-refractivity contribution < 1.29 is 9.84 Å². The Labute approximate surface area is 134 Å². The van der Waals surface area contributed by atoms with Gasteiger partial charge in [-0.3, -0.25) is 0 Å². The molecule has 4 N–H and O–H groups in total. The van der Waals surface area contributed by atoms with Crippen LogP contribution in [0.25, 0.3) is 22.4 Å². The number of hydrogen-bond acceptors (Lipinski definition) is 4. The number of aliphatic hydroxyl groups excluding tert-OH is 1. The van der Waals surface area contributed by atoms with E-state index >= 15 is 0 Å². The van der Waals surface area contributed by atoms with Gasteiger partial charge >= 0.3 is 0 Å². The van der Waals surface area contributed by atoms with Crippen LogP contribution < -0.4 is 10.5 Å². The summed E-state index contributed by atoms with van der Waals surface area (Å²) in [5.41, 5.74) is 9.49. The van der Waals surface area contributed by atoms with E-state index in [0.717, 1.165) is 41.0 Å². The second-order valence-electron chi connectivity index (χ2n) is 6.06. The Kier molecular flexibility index (Phi) is 3.42. The molecular weight excluding hydrogens is 290 g/mol. The second-order valence-corrected chi connectivity index (χ2v) is 6.06. The number of imidazole rings is 1. The van der Waals surface area contributed by atoms with Crippen LogP contribution in [0.4, 0.5) is 5.69 Å². The Morgan fingerprint density at radius 3 is 2.83 bits per heavy atom. The van der Waals surface area contributed by atoms with Crippen molar-refractivity contribution >= 4 is 16.7 Å². The minimum Gasteiger partial charge on any atom is -0.490 e. The maximum absolute atomic E-state index is 9.62. The normalized spacial score (nSPS) is 20.9. The van der Waals surface area contributed by atoms with Crippen LogP contribution in [0.1, 0.15) is 19.3 Å². The molecule has 0 bridgehead atoms. The molecule has 0 aliphatic heterocycles. The van der Waals surface area contributed by atoms with Gasteiger partial charge in [-0.2, -0.15) is 0 Å². The fourth-order valence-electron chi connectivity index (χ4n) is 3.11. The maximum atomic E-state index is 9.62. The van der Waals surface area contributed by atoms with E-state index in [-0.39, 0.29) is 12.2 Å². The SMILES string of the molecule is Nc1ccc(O[C@@H]2CC[C@H](O)C2)cc1-c1nc2ccccc2[nH]1. The molecule has 2 atom stereocenters. The number of nitrogens with zero attached hydrogens (tertiary/aromatic N) is 1. The van der Waals surface area contributed by atoms with Crippen molar-refractivity contribution in [3.8, 4) is 17.1 Å². The number of aromatic amines is 1. The number of rotatable bonds is 3. The minimum atomic E-state index is -0.247. The highest BCUT2D eigenvalue weighted by Crippen LogP contribution is 2.31. The third-order valence-corrected chi connectivity index (χ3v) is 4.33. The molecule has 5 nitrogen and oxygen atoms in total. The van der Waals surface area contributed by atoms with Gasteiger partial charge in [0.25, 0.3) is 0 Å².